The van der Waals surface area contributed by atoms with Gasteiger partial charge in [-0.05, 0) is 31.2 Å². The maximum atomic E-state index is 11.8. The Labute approximate surface area is 114 Å². The fourth-order valence-corrected chi connectivity index (χ4v) is 2.59. The Hall–Kier alpha value is -1.00. The molecule has 1 N–H and O–H groups in total. The van der Waals surface area contributed by atoms with Crippen LogP contribution in [0.15, 0.2) is 29.2 Å². The van der Waals surface area contributed by atoms with Gasteiger partial charge in [-0.2, -0.15) is 0 Å². The molecular formula is C14H22N2OS. The Kier molecular flexibility index (Phi) is 6.22. The number of thioether (sulfide) groups is 1. The summed E-state index contributed by atoms with van der Waals surface area (Å²) in [6.07, 6.45) is 0. The predicted molar refractivity (Wildman–Crippen MR) is 77.8 cm³/mol. The molecule has 100 valence electrons. The van der Waals surface area contributed by atoms with E-state index in [1.54, 1.807) is 30.8 Å². The van der Waals surface area contributed by atoms with Gasteiger partial charge >= 0.3 is 0 Å². The summed E-state index contributed by atoms with van der Waals surface area (Å²) in [6, 6.07) is 8.38. The monoisotopic (exact) mass is 266 g/mol. The van der Waals surface area contributed by atoms with Crippen LogP contribution in [-0.4, -0.2) is 36.7 Å². The molecule has 1 amide bonds. The number of benzene rings is 1. The molecule has 0 bridgehead atoms. The lowest BCUT2D eigenvalue weighted by atomic mass is 10.2. The zero-order chi connectivity index (χ0) is 13.5. The van der Waals surface area contributed by atoms with Crippen LogP contribution in [0.4, 0.5) is 0 Å². The zero-order valence-electron chi connectivity index (χ0n) is 11.6. The van der Waals surface area contributed by atoms with Gasteiger partial charge in [0, 0.05) is 25.5 Å². The fraction of sp³-hybridized carbons (Fsp3) is 0.500. The van der Waals surface area contributed by atoms with Gasteiger partial charge in [-0.25, -0.2) is 0 Å². The van der Waals surface area contributed by atoms with Crippen LogP contribution in [-0.2, 0) is 11.3 Å². The van der Waals surface area contributed by atoms with Crippen molar-refractivity contribution < 1.29 is 4.79 Å². The van der Waals surface area contributed by atoms with Gasteiger partial charge in [-0.1, -0.05) is 19.1 Å². The molecule has 1 aromatic rings. The third-order valence-electron chi connectivity index (χ3n) is 2.60. The lowest BCUT2D eigenvalue weighted by molar-refractivity contribution is -0.127. The molecule has 0 fully saturated rings. The lowest BCUT2D eigenvalue weighted by Gasteiger charge is -2.16. The van der Waals surface area contributed by atoms with E-state index in [-0.39, 0.29) is 11.2 Å². The number of hydrogen-bond donors (Lipinski definition) is 1. The molecule has 18 heavy (non-hydrogen) atoms. The van der Waals surface area contributed by atoms with E-state index in [1.165, 1.54) is 5.56 Å². The summed E-state index contributed by atoms with van der Waals surface area (Å²) in [5.41, 5.74) is 1.27. The average Bonchev–Trinajstić information content (AvgIpc) is 2.36. The third-order valence-corrected chi connectivity index (χ3v) is 3.70. The molecule has 0 heterocycles. The summed E-state index contributed by atoms with van der Waals surface area (Å²) in [7, 11) is 3.58. The summed E-state index contributed by atoms with van der Waals surface area (Å²) in [5, 5.41) is 3.25. The predicted octanol–water partition coefficient (Wildman–Crippen LogP) is 2.36. The summed E-state index contributed by atoms with van der Waals surface area (Å²) in [5.74, 6) is 0.150. The minimum absolute atomic E-state index is 0.0420. The van der Waals surface area contributed by atoms with Crippen molar-refractivity contribution in [3.8, 4) is 0 Å². The van der Waals surface area contributed by atoms with E-state index in [0.29, 0.717) is 0 Å². The SMILES string of the molecule is CCNCc1ccc(SC(C)C(=O)N(C)C)cc1. The molecule has 0 saturated heterocycles. The standard InChI is InChI=1S/C14H22N2OS/c1-5-15-10-12-6-8-13(9-7-12)18-11(2)14(17)16(3)4/h6-9,11,15H,5,10H2,1-4H3. The zero-order valence-corrected chi connectivity index (χ0v) is 12.4. The number of carbonyl (C=O) groups is 1. The first-order valence-electron chi connectivity index (χ1n) is 6.22. The van der Waals surface area contributed by atoms with Crippen LogP contribution >= 0.6 is 11.8 Å². The first kappa shape index (κ1) is 15.1. The minimum atomic E-state index is -0.0420. The van der Waals surface area contributed by atoms with Crippen LogP contribution in [0.5, 0.6) is 0 Å². The van der Waals surface area contributed by atoms with Crippen molar-refractivity contribution in [1.82, 2.24) is 10.2 Å². The Morgan fingerprint density at radius 3 is 2.44 bits per heavy atom. The van der Waals surface area contributed by atoms with Gasteiger partial charge in [0.1, 0.15) is 0 Å². The van der Waals surface area contributed by atoms with Crippen LogP contribution in [0, 0.1) is 0 Å². The molecule has 1 rings (SSSR count). The number of rotatable bonds is 6. The molecule has 0 spiro atoms. The Morgan fingerprint density at radius 2 is 1.94 bits per heavy atom. The molecule has 0 aliphatic carbocycles. The quantitative estimate of drug-likeness (QED) is 0.802. The highest BCUT2D eigenvalue weighted by atomic mass is 32.2. The second-order valence-electron chi connectivity index (χ2n) is 4.42. The Bertz CT molecular complexity index is 376. The van der Waals surface area contributed by atoms with Crippen molar-refractivity contribution in [1.29, 1.82) is 0 Å². The number of nitrogens with one attached hydrogen (secondary N) is 1. The molecule has 0 aliphatic heterocycles. The minimum Gasteiger partial charge on any atom is -0.348 e. The van der Waals surface area contributed by atoms with Gasteiger partial charge in [0.2, 0.25) is 5.91 Å². The van der Waals surface area contributed by atoms with Gasteiger partial charge in [-0.3, -0.25) is 4.79 Å². The van der Waals surface area contributed by atoms with E-state index in [2.05, 4.69) is 36.5 Å². The van der Waals surface area contributed by atoms with E-state index >= 15 is 0 Å². The maximum absolute atomic E-state index is 11.8. The number of hydrogen-bond acceptors (Lipinski definition) is 3. The number of carbonyl (C=O) groups excluding carboxylic acids is 1. The van der Waals surface area contributed by atoms with E-state index in [0.717, 1.165) is 18.0 Å². The van der Waals surface area contributed by atoms with Crippen molar-refractivity contribution in [3.05, 3.63) is 29.8 Å². The van der Waals surface area contributed by atoms with Crippen LogP contribution in [0.1, 0.15) is 19.4 Å². The normalized spacial score (nSPS) is 12.2. The van der Waals surface area contributed by atoms with Crippen molar-refractivity contribution in [2.45, 2.75) is 30.5 Å². The van der Waals surface area contributed by atoms with Crippen molar-refractivity contribution >= 4 is 17.7 Å². The third kappa shape index (κ3) is 4.70. The molecule has 0 aliphatic rings. The number of amides is 1. The van der Waals surface area contributed by atoms with Crippen LogP contribution < -0.4 is 5.32 Å². The van der Waals surface area contributed by atoms with Gasteiger partial charge in [0.05, 0.1) is 5.25 Å². The van der Waals surface area contributed by atoms with Crippen molar-refractivity contribution in [3.63, 3.8) is 0 Å². The van der Waals surface area contributed by atoms with Crippen LogP contribution in [0.25, 0.3) is 0 Å². The van der Waals surface area contributed by atoms with E-state index in [4.69, 9.17) is 0 Å². The molecule has 1 aromatic carbocycles. The van der Waals surface area contributed by atoms with Gasteiger partial charge < -0.3 is 10.2 Å². The summed E-state index contributed by atoms with van der Waals surface area (Å²) in [6.45, 7) is 5.91. The smallest absolute Gasteiger partial charge is 0.235 e. The first-order valence-corrected chi connectivity index (χ1v) is 7.10. The highest BCUT2D eigenvalue weighted by molar-refractivity contribution is 8.00. The second kappa shape index (κ2) is 7.44. The maximum Gasteiger partial charge on any atom is 0.235 e. The van der Waals surface area contributed by atoms with Crippen LogP contribution in [0.2, 0.25) is 0 Å². The lowest BCUT2D eigenvalue weighted by Crippen LogP contribution is -2.29. The molecule has 0 saturated carbocycles. The molecule has 0 radical (unpaired) electrons. The average molecular weight is 266 g/mol. The van der Waals surface area contributed by atoms with Gasteiger partial charge in [-0.15, -0.1) is 11.8 Å². The fourth-order valence-electron chi connectivity index (χ4n) is 1.57. The second-order valence-corrected chi connectivity index (χ2v) is 5.83. The summed E-state index contributed by atoms with van der Waals surface area (Å²) in [4.78, 5) is 14.5. The summed E-state index contributed by atoms with van der Waals surface area (Å²) >= 11 is 1.60. The molecular weight excluding hydrogens is 244 g/mol. The molecule has 3 nitrogen and oxygen atoms in total. The first-order chi connectivity index (χ1) is 8.54. The van der Waals surface area contributed by atoms with E-state index in [9.17, 15) is 4.79 Å². The highest BCUT2D eigenvalue weighted by Crippen LogP contribution is 2.24. The largest absolute Gasteiger partial charge is 0.348 e. The van der Waals surface area contributed by atoms with Crippen LogP contribution in [0.3, 0.4) is 0 Å². The molecule has 1 unspecified atom stereocenters. The van der Waals surface area contributed by atoms with Crippen molar-refractivity contribution in [2.24, 2.45) is 0 Å². The van der Waals surface area contributed by atoms with Crippen molar-refractivity contribution in [2.75, 3.05) is 20.6 Å². The Morgan fingerprint density at radius 1 is 1.33 bits per heavy atom. The topological polar surface area (TPSA) is 32.3 Å². The van der Waals surface area contributed by atoms with Gasteiger partial charge in [0.15, 0.2) is 0 Å². The van der Waals surface area contributed by atoms with Gasteiger partial charge in [0.25, 0.3) is 0 Å². The molecule has 0 aromatic heterocycles. The Balaban J connectivity index is 2.55. The molecule has 4 heteroatoms. The van der Waals surface area contributed by atoms with E-state index in [1.807, 2.05) is 6.92 Å². The molecule has 1 atom stereocenters. The van der Waals surface area contributed by atoms with E-state index < -0.39 is 0 Å². The number of nitrogens with zero attached hydrogens (tertiary/aromatic N) is 1. The summed E-state index contributed by atoms with van der Waals surface area (Å²) < 4.78 is 0. The highest BCUT2D eigenvalue weighted by Gasteiger charge is 2.15.